The highest BCUT2D eigenvalue weighted by Crippen LogP contribution is 2.14. The Morgan fingerprint density at radius 1 is 1.38 bits per heavy atom. The van der Waals surface area contributed by atoms with Crippen LogP contribution in [0.5, 0.6) is 0 Å². The summed E-state index contributed by atoms with van der Waals surface area (Å²) in [6.45, 7) is 9.33. The molecule has 1 unspecified atom stereocenters. The van der Waals surface area contributed by atoms with Crippen LogP contribution in [0.4, 0.5) is 0 Å². The Morgan fingerprint density at radius 3 is 2.48 bits per heavy atom. The van der Waals surface area contributed by atoms with Crippen LogP contribution in [0.1, 0.15) is 44.6 Å². The molecule has 0 saturated carbocycles. The van der Waals surface area contributed by atoms with E-state index in [2.05, 4.69) is 26.1 Å². The Bertz CT molecular complexity index is 591. The highest BCUT2D eigenvalue weighted by atomic mass is 32.2. The van der Waals surface area contributed by atoms with E-state index in [9.17, 15) is 13.2 Å². The molecular weight excluding hydrogens is 290 g/mol. The van der Waals surface area contributed by atoms with Gasteiger partial charge in [0.05, 0.1) is 0 Å². The Kier molecular flexibility index (Phi) is 5.98. The van der Waals surface area contributed by atoms with Crippen LogP contribution in [0.3, 0.4) is 0 Å². The van der Waals surface area contributed by atoms with Gasteiger partial charge in [0.2, 0.25) is 10.0 Å². The fraction of sp³-hybridized carbons (Fsp3) is 0.643. The van der Waals surface area contributed by atoms with Crippen LogP contribution < -0.4 is 10.5 Å². The van der Waals surface area contributed by atoms with Crippen LogP contribution in [-0.2, 0) is 16.6 Å². The van der Waals surface area contributed by atoms with Gasteiger partial charge in [-0.25, -0.2) is 13.6 Å². The number of sulfonamides is 1. The van der Waals surface area contributed by atoms with Crippen LogP contribution in [0.2, 0.25) is 0 Å². The molecule has 1 amide bonds. The summed E-state index contributed by atoms with van der Waals surface area (Å²) in [4.78, 5) is 12.2. The monoisotopic (exact) mass is 315 g/mol. The lowest BCUT2D eigenvalue weighted by molar-refractivity contribution is 0.0935. The summed E-state index contributed by atoms with van der Waals surface area (Å²) in [5.74, 6) is 0.541. The number of carbonyl (C=O) groups is 1. The first-order chi connectivity index (χ1) is 9.66. The van der Waals surface area contributed by atoms with E-state index < -0.39 is 10.0 Å². The predicted molar refractivity (Wildman–Crippen MR) is 82.4 cm³/mol. The molecule has 0 aliphatic rings. The fourth-order valence-electron chi connectivity index (χ4n) is 1.84. The summed E-state index contributed by atoms with van der Waals surface area (Å²) < 4.78 is 24.5. The minimum Gasteiger partial charge on any atom is -0.350 e. The molecule has 0 spiro atoms. The summed E-state index contributed by atoms with van der Waals surface area (Å²) in [5.41, 5.74) is 0.330. The maximum atomic E-state index is 12.2. The van der Waals surface area contributed by atoms with Gasteiger partial charge in [0.15, 0.2) is 0 Å². The van der Waals surface area contributed by atoms with E-state index in [4.69, 9.17) is 5.14 Å². The third-order valence-corrected chi connectivity index (χ3v) is 4.50. The smallest absolute Gasteiger partial charge is 0.267 e. The highest BCUT2D eigenvalue weighted by Gasteiger charge is 2.19. The van der Waals surface area contributed by atoms with Crippen LogP contribution in [0.15, 0.2) is 17.2 Å². The molecule has 0 radical (unpaired) electrons. The number of hydrogen-bond acceptors (Lipinski definition) is 3. The van der Waals surface area contributed by atoms with Crippen molar-refractivity contribution in [1.82, 2.24) is 9.88 Å². The normalized spacial score (nSPS) is 13.4. The Morgan fingerprint density at radius 2 is 2.00 bits per heavy atom. The predicted octanol–water partition coefficient (Wildman–Crippen LogP) is 1.57. The number of aryl methyl sites for hydroxylation is 1. The zero-order chi connectivity index (χ0) is 16.2. The molecule has 21 heavy (non-hydrogen) atoms. The molecule has 7 heteroatoms. The first kappa shape index (κ1) is 17.7. The zero-order valence-corrected chi connectivity index (χ0v) is 13.9. The Balaban J connectivity index is 2.94. The number of hydrogen-bond donors (Lipinski definition) is 2. The van der Waals surface area contributed by atoms with Crippen LogP contribution in [0.25, 0.3) is 0 Å². The SMILES string of the molecule is CCCn1cc(S(N)(=O)=O)cc1C(=O)NCC(C)C(C)C. The third-order valence-electron chi connectivity index (χ3n) is 3.62. The number of rotatable bonds is 7. The Hall–Kier alpha value is -1.34. The van der Waals surface area contributed by atoms with E-state index in [0.29, 0.717) is 30.6 Å². The van der Waals surface area contributed by atoms with Gasteiger partial charge in [-0.3, -0.25) is 4.79 Å². The van der Waals surface area contributed by atoms with E-state index in [1.807, 2.05) is 6.92 Å². The average molecular weight is 315 g/mol. The largest absolute Gasteiger partial charge is 0.350 e. The molecule has 0 aromatic carbocycles. The molecule has 1 aromatic rings. The van der Waals surface area contributed by atoms with Gasteiger partial charge >= 0.3 is 0 Å². The molecule has 0 bridgehead atoms. The first-order valence-corrected chi connectivity index (χ1v) is 8.72. The van der Waals surface area contributed by atoms with Crippen molar-refractivity contribution in [1.29, 1.82) is 0 Å². The molecule has 0 saturated heterocycles. The van der Waals surface area contributed by atoms with Gasteiger partial charge in [-0.15, -0.1) is 0 Å². The number of amides is 1. The molecule has 0 fully saturated rings. The molecule has 1 aromatic heterocycles. The number of nitrogens with two attached hydrogens (primary N) is 1. The number of nitrogens with zero attached hydrogens (tertiary/aromatic N) is 1. The lowest BCUT2D eigenvalue weighted by Crippen LogP contribution is -2.31. The van der Waals surface area contributed by atoms with Crippen molar-refractivity contribution in [2.75, 3.05) is 6.54 Å². The van der Waals surface area contributed by atoms with Crippen LogP contribution >= 0.6 is 0 Å². The van der Waals surface area contributed by atoms with Crippen molar-refractivity contribution in [3.05, 3.63) is 18.0 Å². The number of nitrogens with one attached hydrogen (secondary N) is 1. The van der Waals surface area contributed by atoms with Crippen molar-refractivity contribution >= 4 is 15.9 Å². The summed E-state index contributed by atoms with van der Waals surface area (Å²) >= 11 is 0. The lowest BCUT2D eigenvalue weighted by atomic mass is 9.98. The van der Waals surface area contributed by atoms with Gasteiger partial charge in [0.25, 0.3) is 5.91 Å². The van der Waals surface area contributed by atoms with Crippen molar-refractivity contribution in [2.24, 2.45) is 17.0 Å². The van der Waals surface area contributed by atoms with Gasteiger partial charge in [-0.2, -0.15) is 0 Å². The molecule has 0 aliphatic carbocycles. The van der Waals surface area contributed by atoms with E-state index in [-0.39, 0.29) is 10.8 Å². The number of primary sulfonamides is 1. The summed E-state index contributed by atoms with van der Waals surface area (Å²) in [7, 11) is -3.80. The van der Waals surface area contributed by atoms with Gasteiger partial charge < -0.3 is 9.88 Å². The topological polar surface area (TPSA) is 94.2 Å². The van der Waals surface area contributed by atoms with E-state index in [1.54, 1.807) is 4.57 Å². The zero-order valence-electron chi connectivity index (χ0n) is 13.1. The maximum Gasteiger partial charge on any atom is 0.267 e. The van der Waals surface area contributed by atoms with Gasteiger partial charge in [0, 0.05) is 19.3 Å². The molecule has 6 nitrogen and oxygen atoms in total. The molecule has 1 heterocycles. The molecular formula is C14H25N3O3S. The molecule has 1 atom stereocenters. The number of aromatic nitrogens is 1. The van der Waals surface area contributed by atoms with Crippen LogP contribution in [0, 0.1) is 11.8 Å². The van der Waals surface area contributed by atoms with Crippen molar-refractivity contribution in [3.63, 3.8) is 0 Å². The van der Waals surface area contributed by atoms with Gasteiger partial charge in [0.1, 0.15) is 10.6 Å². The summed E-state index contributed by atoms with van der Waals surface area (Å²) in [5, 5.41) is 7.97. The second-order valence-corrected chi connectivity index (χ2v) is 7.29. The quantitative estimate of drug-likeness (QED) is 0.799. The lowest BCUT2D eigenvalue weighted by Gasteiger charge is -2.16. The molecule has 0 aliphatic heterocycles. The fourth-order valence-corrected chi connectivity index (χ4v) is 2.39. The van der Waals surface area contributed by atoms with E-state index in [1.165, 1.54) is 12.3 Å². The standard InChI is InChI=1S/C14H25N3O3S/c1-5-6-17-9-12(21(15,19)20)7-13(17)14(18)16-8-11(4)10(2)3/h7,9-11H,5-6,8H2,1-4H3,(H,16,18)(H2,15,19,20). The van der Waals surface area contributed by atoms with Gasteiger partial charge in [-0.05, 0) is 24.3 Å². The minimum atomic E-state index is -3.80. The first-order valence-electron chi connectivity index (χ1n) is 7.18. The molecule has 1 rings (SSSR count). The van der Waals surface area contributed by atoms with Crippen molar-refractivity contribution < 1.29 is 13.2 Å². The highest BCUT2D eigenvalue weighted by molar-refractivity contribution is 7.89. The molecule has 120 valence electrons. The second-order valence-electron chi connectivity index (χ2n) is 5.73. The third kappa shape index (κ3) is 4.86. The maximum absolute atomic E-state index is 12.2. The van der Waals surface area contributed by atoms with Crippen LogP contribution in [-0.4, -0.2) is 25.4 Å². The average Bonchev–Trinajstić information content (AvgIpc) is 2.79. The van der Waals surface area contributed by atoms with Crippen molar-refractivity contribution in [3.8, 4) is 0 Å². The van der Waals surface area contributed by atoms with E-state index in [0.717, 1.165) is 6.42 Å². The summed E-state index contributed by atoms with van der Waals surface area (Å²) in [6.07, 6.45) is 2.21. The van der Waals surface area contributed by atoms with E-state index >= 15 is 0 Å². The number of carbonyl (C=O) groups excluding carboxylic acids is 1. The minimum absolute atomic E-state index is 0.0296. The molecule has 3 N–H and O–H groups in total. The summed E-state index contributed by atoms with van der Waals surface area (Å²) in [6, 6.07) is 1.33. The second kappa shape index (κ2) is 7.09. The Labute approximate surface area is 126 Å². The van der Waals surface area contributed by atoms with Crippen molar-refractivity contribution in [2.45, 2.75) is 45.6 Å². The van der Waals surface area contributed by atoms with Gasteiger partial charge in [-0.1, -0.05) is 27.7 Å².